The largest absolute Gasteiger partial charge is 0.437 e. The Labute approximate surface area is 128 Å². The Balaban J connectivity index is 2.77. The topological polar surface area (TPSA) is 44.3 Å². The summed E-state index contributed by atoms with van der Waals surface area (Å²) in [5.74, 6) is 0. The van der Waals surface area contributed by atoms with Gasteiger partial charge in [-0.1, -0.05) is 0 Å². The molecule has 1 aromatic heterocycles. The molecule has 127 valence electrons. The molecule has 0 fully saturated rings. The summed E-state index contributed by atoms with van der Waals surface area (Å²) < 4.78 is 114. The molecule has 0 atom stereocenters. The number of halogens is 10. The fourth-order valence-corrected chi connectivity index (χ4v) is 1.99. The molecule has 2 rings (SSSR count). The average Bonchev–Trinajstić information content (AvgIpc) is 2.88. The molecule has 2 heterocycles. The first-order chi connectivity index (χ1) is 10.2. The molecular formula is C9HBrF9N4. The van der Waals surface area contributed by atoms with Crippen LogP contribution < -0.4 is 5.43 Å². The number of nitrogens with zero attached hydrogens (tertiary/aromatic N) is 4. The van der Waals surface area contributed by atoms with Crippen molar-refractivity contribution >= 4 is 27.3 Å². The molecule has 0 aliphatic carbocycles. The smallest absolute Gasteiger partial charge is 0.223 e. The summed E-state index contributed by atoms with van der Waals surface area (Å²) in [6.45, 7) is 0. The van der Waals surface area contributed by atoms with Crippen molar-refractivity contribution in [3.8, 4) is 0 Å². The van der Waals surface area contributed by atoms with Crippen molar-refractivity contribution in [1.29, 1.82) is 0 Å². The molecule has 4 nitrogen and oxygen atoms in total. The van der Waals surface area contributed by atoms with Gasteiger partial charge in [-0.05, 0) is 15.9 Å². The minimum Gasteiger partial charge on any atom is -0.223 e. The summed E-state index contributed by atoms with van der Waals surface area (Å²) in [6.07, 6.45) is -16.2. The van der Waals surface area contributed by atoms with Crippen LogP contribution in [0, 0.1) is 0 Å². The number of hydrogen-bond acceptors (Lipinski definition) is 2. The van der Waals surface area contributed by atoms with E-state index in [1.165, 1.54) is 0 Å². The zero-order chi connectivity index (χ0) is 17.8. The lowest BCUT2D eigenvalue weighted by atomic mass is 10.2. The van der Waals surface area contributed by atoms with Gasteiger partial charge in [0, 0.05) is 6.07 Å². The molecule has 1 radical (unpaired) electrons. The SMILES string of the molecule is FC(F)(F)C1=N[N]C(C(F)(F)F)=C1n1nc(Br)cc1C(F)(F)F. The van der Waals surface area contributed by atoms with Crippen molar-refractivity contribution in [3.05, 3.63) is 22.1 Å². The Morgan fingerprint density at radius 1 is 0.870 bits per heavy atom. The van der Waals surface area contributed by atoms with Gasteiger partial charge in [0.25, 0.3) is 0 Å². The fraction of sp³-hybridized carbons (Fsp3) is 0.333. The van der Waals surface area contributed by atoms with Gasteiger partial charge in [-0.25, -0.2) is 4.68 Å². The van der Waals surface area contributed by atoms with E-state index in [1.807, 2.05) is 0 Å². The first-order valence-corrected chi connectivity index (χ1v) is 6.03. The number of hydrogen-bond donors (Lipinski definition) is 0. The molecule has 0 bridgehead atoms. The van der Waals surface area contributed by atoms with E-state index >= 15 is 0 Å². The lowest BCUT2D eigenvalue weighted by Crippen LogP contribution is -2.29. The molecule has 0 aromatic carbocycles. The van der Waals surface area contributed by atoms with Crippen LogP contribution in [-0.2, 0) is 6.18 Å². The summed E-state index contributed by atoms with van der Waals surface area (Å²) >= 11 is 2.48. The van der Waals surface area contributed by atoms with E-state index in [1.54, 1.807) is 0 Å². The third-order valence-corrected chi connectivity index (χ3v) is 2.80. The summed E-state index contributed by atoms with van der Waals surface area (Å²) in [5.41, 5.74) is -5.93. The van der Waals surface area contributed by atoms with Crippen LogP contribution in [0.25, 0.3) is 5.70 Å². The van der Waals surface area contributed by atoms with E-state index in [-0.39, 0.29) is 6.07 Å². The lowest BCUT2D eigenvalue weighted by Gasteiger charge is -2.15. The predicted octanol–water partition coefficient (Wildman–Crippen LogP) is 3.93. The standard InChI is InChI=1S/C9HBrF9N4/c10-3-1-2(7(11,12)13)23(22-3)4-5(8(14,15)16)20-21-6(4)9(17,18)19/h1H. The molecule has 0 amide bonds. The first-order valence-electron chi connectivity index (χ1n) is 5.24. The summed E-state index contributed by atoms with van der Waals surface area (Å²) in [6, 6.07) is 0.229. The average molecular weight is 416 g/mol. The highest BCUT2D eigenvalue weighted by atomic mass is 79.9. The van der Waals surface area contributed by atoms with Crippen LogP contribution >= 0.6 is 15.9 Å². The van der Waals surface area contributed by atoms with Crippen molar-refractivity contribution in [2.24, 2.45) is 5.10 Å². The van der Waals surface area contributed by atoms with Gasteiger partial charge in [-0.2, -0.15) is 44.6 Å². The Morgan fingerprint density at radius 2 is 1.43 bits per heavy atom. The third-order valence-electron chi connectivity index (χ3n) is 2.42. The highest BCUT2D eigenvalue weighted by Crippen LogP contribution is 2.40. The monoisotopic (exact) mass is 415 g/mol. The highest BCUT2D eigenvalue weighted by Gasteiger charge is 2.52. The molecule has 1 aliphatic rings. The van der Waals surface area contributed by atoms with Crippen LogP contribution in [0.1, 0.15) is 5.69 Å². The first kappa shape index (κ1) is 17.6. The molecule has 1 aliphatic heterocycles. The molecule has 14 heteroatoms. The van der Waals surface area contributed by atoms with Crippen molar-refractivity contribution in [2.45, 2.75) is 18.5 Å². The highest BCUT2D eigenvalue weighted by molar-refractivity contribution is 9.10. The van der Waals surface area contributed by atoms with Crippen LogP contribution in [-0.4, -0.2) is 27.8 Å². The van der Waals surface area contributed by atoms with Gasteiger partial charge in [0.1, 0.15) is 16.0 Å². The van der Waals surface area contributed by atoms with Gasteiger partial charge in [0.2, 0.25) is 0 Å². The van der Waals surface area contributed by atoms with Crippen molar-refractivity contribution in [1.82, 2.24) is 15.2 Å². The molecular weight excluding hydrogens is 415 g/mol. The predicted molar refractivity (Wildman–Crippen MR) is 59.8 cm³/mol. The summed E-state index contributed by atoms with van der Waals surface area (Å²) in [4.78, 5) is 0. The van der Waals surface area contributed by atoms with Gasteiger partial charge in [0.15, 0.2) is 11.4 Å². The number of rotatable bonds is 1. The van der Waals surface area contributed by atoms with Gasteiger partial charge in [0.05, 0.1) is 0 Å². The van der Waals surface area contributed by atoms with Crippen LogP contribution in [0.5, 0.6) is 0 Å². The molecule has 23 heavy (non-hydrogen) atoms. The third kappa shape index (κ3) is 3.30. The fourth-order valence-electron chi connectivity index (χ4n) is 1.61. The van der Waals surface area contributed by atoms with Crippen LogP contribution in [0.15, 0.2) is 21.5 Å². The Kier molecular flexibility index (Phi) is 3.94. The molecule has 0 saturated carbocycles. The second-order valence-corrected chi connectivity index (χ2v) is 4.82. The van der Waals surface area contributed by atoms with Crippen LogP contribution in [0.3, 0.4) is 0 Å². The van der Waals surface area contributed by atoms with E-state index in [0.29, 0.717) is 0 Å². The van der Waals surface area contributed by atoms with E-state index in [0.717, 1.165) is 0 Å². The summed E-state index contributed by atoms with van der Waals surface area (Å²) in [5, 5.41) is 5.33. The maximum atomic E-state index is 12.8. The zero-order valence-electron chi connectivity index (χ0n) is 10.1. The number of allylic oxidation sites excluding steroid dienone is 2. The minimum absolute atomic E-state index is 0.229. The second-order valence-electron chi connectivity index (χ2n) is 4.00. The van der Waals surface area contributed by atoms with Gasteiger partial charge in [-0.3, -0.25) is 0 Å². The van der Waals surface area contributed by atoms with Crippen molar-refractivity contribution < 1.29 is 39.5 Å². The maximum absolute atomic E-state index is 12.8. The van der Waals surface area contributed by atoms with E-state index in [4.69, 9.17) is 0 Å². The minimum atomic E-state index is -5.47. The Morgan fingerprint density at radius 3 is 1.87 bits per heavy atom. The molecule has 0 spiro atoms. The Hall–Kier alpha value is -1.73. The van der Waals surface area contributed by atoms with Gasteiger partial charge in [-0.15, -0.1) is 10.5 Å². The van der Waals surface area contributed by atoms with Gasteiger partial charge >= 0.3 is 18.5 Å². The molecule has 0 N–H and O–H groups in total. The maximum Gasteiger partial charge on any atom is 0.437 e. The zero-order valence-corrected chi connectivity index (χ0v) is 11.7. The summed E-state index contributed by atoms with van der Waals surface area (Å²) in [7, 11) is 0. The normalized spacial score (nSPS) is 16.7. The quantitative estimate of drug-likeness (QED) is 0.641. The molecule has 1 aromatic rings. The molecule has 0 saturated heterocycles. The van der Waals surface area contributed by atoms with Crippen LogP contribution in [0.4, 0.5) is 39.5 Å². The molecule has 0 unspecified atom stereocenters. The van der Waals surface area contributed by atoms with E-state index in [2.05, 4.69) is 31.6 Å². The van der Waals surface area contributed by atoms with E-state index in [9.17, 15) is 39.5 Å². The second kappa shape index (κ2) is 5.14. The van der Waals surface area contributed by atoms with E-state index < -0.39 is 50.6 Å². The number of alkyl halides is 9. The van der Waals surface area contributed by atoms with Crippen molar-refractivity contribution in [3.63, 3.8) is 0 Å². The number of aromatic nitrogens is 2. The van der Waals surface area contributed by atoms with Crippen molar-refractivity contribution in [2.75, 3.05) is 0 Å². The lowest BCUT2D eigenvalue weighted by molar-refractivity contribution is -0.142. The Bertz CT molecular complexity index is 691. The van der Waals surface area contributed by atoms with Gasteiger partial charge < -0.3 is 0 Å². The van der Waals surface area contributed by atoms with Crippen LogP contribution in [0.2, 0.25) is 0 Å².